The number of piperidine rings is 1. The van der Waals surface area contributed by atoms with E-state index in [0.717, 1.165) is 57.5 Å². The molecule has 2 heterocycles. The molecule has 2 N–H and O–H groups in total. The molecule has 0 saturated carbocycles. The quantitative estimate of drug-likeness (QED) is 0.677. The molecule has 7 nitrogen and oxygen atoms in total. The number of hydrogen-bond donors (Lipinski definition) is 1. The maximum Gasteiger partial charge on any atom is 0.409 e. The van der Waals surface area contributed by atoms with Gasteiger partial charge >= 0.3 is 6.09 Å². The Morgan fingerprint density at radius 2 is 1.85 bits per heavy atom. The molecule has 1 saturated heterocycles. The number of anilines is 2. The van der Waals surface area contributed by atoms with Crippen LogP contribution in [0.4, 0.5) is 16.3 Å². The molecule has 1 aromatic rings. The lowest BCUT2D eigenvalue weighted by Gasteiger charge is -2.25. The fourth-order valence-corrected chi connectivity index (χ4v) is 3.12. The molecule has 0 bridgehead atoms. The summed E-state index contributed by atoms with van der Waals surface area (Å²) >= 11 is 0. The van der Waals surface area contributed by atoms with Gasteiger partial charge in [0.05, 0.1) is 0 Å². The number of hydrogen-bond acceptors (Lipinski definition) is 6. The van der Waals surface area contributed by atoms with Crippen LogP contribution in [0.2, 0.25) is 0 Å². The molecule has 1 fully saturated rings. The number of amides is 1. The fraction of sp³-hybridized carbons (Fsp3) is 0.684. The highest BCUT2D eigenvalue weighted by Crippen LogP contribution is 2.23. The van der Waals surface area contributed by atoms with Crippen LogP contribution < -0.4 is 15.4 Å². The number of pyridine rings is 1. The van der Waals surface area contributed by atoms with Crippen molar-refractivity contribution in [3.8, 4) is 5.88 Å². The average molecular weight is 364 g/mol. The molecule has 0 aliphatic carbocycles. The summed E-state index contributed by atoms with van der Waals surface area (Å²) in [5, 5.41) is 0. The van der Waals surface area contributed by atoms with E-state index in [4.69, 9.17) is 15.2 Å². The molecule has 1 aliphatic rings. The minimum Gasteiger partial charge on any atom is -0.474 e. The highest BCUT2D eigenvalue weighted by atomic mass is 16.6. The van der Waals surface area contributed by atoms with Crippen molar-refractivity contribution in [1.82, 2.24) is 9.88 Å². The number of nitrogen functional groups attached to an aromatic ring is 1. The van der Waals surface area contributed by atoms with Crippen LogP contribution in [0, 0.1) is 0 Å². The maximum absolute atomic E-state index is 12.0. The van der Waals surface area contributed by atoms with Crippen LogP contribution >= 0.6 is 0 Å². The second-order valence-electron chi connectivity index (χ2n) is 6.59. The van der Waals surface area contributed by atoms with Crippen LogP contribution in [0.25, 0.3) is 0 Å². The first kappa shape index (κ1) is 20.1. The van der Waals surface area contributed by atoms with Crippen LogP contribution in [-0.2, 0) is 4.74 Å². The van der Waals surface area contributed by atoms with Crippen molar-refractivity contribution in [3.63, 3.8) is 0 Å². The minimum absolute atomic E-state index is 0.203. The van der Waals surface area contributed by atoms with Crippen molar-refractivity contribution in [3.05, 3.63) is 12.1 Å². The molecular weight excluding hydrogens is 332 g/mol. The van der Waals surface area contributed by atoms with Gasteiger partial charge in [-0.05, 0) is 32.1 Å². The van der Waals surface area contributed by atoms with Gasteiger partial charge in [0.1, 0.15) is 19.0 Å². The first-order valence-electron chi connectivity index (χ1n) is 9.71. The van der Waals surface area contributed by atoms with Gasteiger partial charge in [-0.3, -0.25) is 0 Å². The first-order valence-corrected chi connectivity index (χ1v) is 9.71. The number of carbonyl (C=O) groups excluding carboxylic acids is 1. The van der Waals surface area contributed by atoms with Crippen molar-refractivity contribution < 1.29 is 14.3 Å². The van der Waals surface area contributed by atoms with Crippen molar-refractivity contribution >= 4 is 17.6 Å². The average Bonchev–Trinajstić information content (AvgIpc) is 2.65. The third kappa shape index (κ3) is 6.28. The SMILES string of the molecule is CCCN(CCC)c1cc(N)nc(OCCOC(=O)N2CCCCC2)c1. The van der Waals surface area contributed by atoms with E-state index in [1.807, 2.05) is 12.1 Å². The molecule has 1 aromatic heterocycles. The van der Waals surface area contributed by atoms with Gasteiger partial charge in [0.15, 0.2) is 0 Å². The molecule has 7 heteroatoms. The van der Waals surface area contributed by atoms with E-state index in [-0.39, 0.29) is 19.3 Å². The summed E-state index contributed by atoms with van der Waals surface area (Å²) in [6.07, 6.45) is 5.15. The zero-order chi connectivity index (χ0) is 18.8. The topological polar surface area (TPSA) is 80.9 Å². The Hall–Kier alpha value is -2.18. The van der Waals surface area contributed by atoms with Crippen LogP contribution in [0.1, 0.15) is 46.0 Å². The molecule has 146 valence electrons. The van der Waals surface area contributed by atoms with Gasteiger partial charge in [-0.1, -0.05) is 13.8 Å². The molecule has 0 atom stereocenters. The summed E-state index contributed by atoms with van der Waals surface area (Å²) in [6.45, 7) is 8.26. The highest BCUT2D eigenvalue weighted by Gasteiger charge is 2.17. The molecule has 0 unspecified atom stereocenters. The Balaban J connectivity index is 1.83. The molecule has 2 rings (SSSR count). The maximum atomic E-state index is 12.0. The number of aromatic nitrogens is 1. The van der Waals surface area contributed by atoms with E-state index in [9.17, 15) is 4.79 Å². The summed E-state index contributed by atoms with van der Waals surface area (Å²) in [7, 11) is 0. The van der Waals surface area contributed by atoms with E-state index in [2.05, 4.69) is 23.7 Å². The standard InChI is InChI=1S/C19H32N4O3/c1-3-8-22(9-4-2)16-14-17(20)21-18(15-16)25-12-13-26-19(24)23-10-6-5-7-11-23/h14-15H,3-13H2,1-2H3,(H2,20,21). The lowest BCUT2D eigenvalue weighted by molar-refractivity contribution is 0.0817. The number of carbonyl (C=O) groups is 1. The zero-order valence-electron chi connectivity index (χ0n) is 16.1. The smallest absolute Gasteiger partial charge is 0.409 e. The molecule has 0 spiro atoms. The molecule has 26 heavy (non-hydrogen) atoms. The highest BCUT2D eigenvalue weighted by molar-refractivity contribution is 5.67. The number of nitrogens with two attached hydrogens (primary N) is 1. The van der Waals surface area contributed by atoms with Gasteiger partial charge in [-0.15, -0.1) is 0 Å². The predicted octanol–water partition coefficient (Wildman–Crippen LogP) is 3.29. The Morgan fingerprint density at radius 3 is 2.50 bits per heavy atom. The normalized spacial score (nSPS) is 14.2. The number of rotatable bonds is 9. The summed E-state index contributed by atoms with van der Waals surface area (Å²) in [6, 6.07) is 3.77. The van der Waals surface area contributed by atoms with Crippen molar-refractivity contribution in [1.29, 1.82) is 0 Å². The summed E-state index contributed by atoms with van der Waals surface area (Å²) in [4.78, 5) is 20.2. The fourth-order valence-electron chi connectivity index (χ4n) is 3.12. The van der Waals surface area contributed by atoms with E-state index in [1.165, 1.54) is 6.42 Å². The van der Waals surface area contributed by atoms with E-state index >= 15 is 0 Å². The van der Waals surface area contributed by atoms with E-state index in [0.29, 0.717) is 11.7 Å². The number of ether oxygens (including phenoxy) is 2. The van der Waals surface area contributed by atoms with Gasteiger partial charge in [-0.2, -0.15) is 4.98 Å². The lowest BCUT2D eigenvalue weighted by atomic mass is 10.1. The van der Waals surface area contributed by atoms with Crippen LogP contribution in [0.15, 0.2) is 12.1 Å². The summed E-state index contributed by atoms with van der Waals surface area (Å²) < 4.78 is 10.9. The van der Waals surface area contributed by atoms with Crippen LogP contribution in [-0.4, -0.2) is 55.4 Å². The van der Waals surface area contributed by atoms with Gasteiger partial charge in [0.25, 0.3) is 0 Å². The summed E-state index contributed by atoms with van der Waals surface area (Å²) in [5.41, 5.74) is 6.94. The lowest BCUT2D eigenvalue weighted by Crippen LogP contribution is -2.36. The zero-order valence-corrected chi connectivity index (χ0v) is 16.1. The van der Waals surface area contributed by atoms with E-state index < -0.39 is 0 Å². The summed E-state index contributed by atoms with van der Waals surface area (Å²) in [5.74, 6) is 0.895. The Kier molecular flexibility index (Phi) is 8.31. The van der Waals surface area contributed by atoms with Gasteiger partial charge in [0.2, 0.25) is 5.88 Å². The largest absolute Gasteiger partial charge is 0.474 e. The number of nitrogens with zero attached hydrogens (tertiary/aromatic N) is 3. The van der Waals surface area contributed by atoms with Gasteiger partial charge in [0, 0.05) is 44.0 Å². The third-order valence-corrected chi connectivity index (χ3v) is 4.33. The molecule has 1 amide bonds. The second kappa shape index (κ2) is 10.7. The van der Waals surface area contributed by atoms with Crippen LogP contribution in [0.5, 0.6) is 5.88 Å². The number of likely N-dealkylation sites (tertiary alicyclic amines) is 1. The first-order chi connectivity index (χ1) is 12.6. The Bertz CT molecular complexity index is 556. The molecule has 0 aromatic carbocycles. The van der Waals surface area contributed by atoms with Gasteiger partial charge in [-0.25, -0.2) is 4.79 Å². The Labute approximate surface area is 156 Å². The Morgan fingerprint density at radius 1 is 1.15 bits per heavy atom. The van der Waals surface area contributed by atoms with Crippen LogP contribution in [0.3, 0.4) is 0 Å². The third-order valence-electron chi connectivity index (χ3n) is 4.33. The molecular formula is C19H32N4O3. The minimum atomic E-state index is -0.258. The molecule has 0 radical (unpaired) electrons. The molecule has 1 aliphatic heterocycles. The monoisotopic (exact) mass is 364 g/mol. The second-order valence-corrected chi connectivity index (χ2v) is 6.59. The van der Waals surface area contributed by atoms with Gasteiger partial charge < -0.3 is 25.0 Å². The van der Waals surface area contributed by atoms with Crippen molar-refractivity contribution in [2.45, 2.75) is 46.0 Å². The van der Waals surface area contributed by atoms with Crippen molar-refractivity contribution in [2.24, 2.45) is 0 Å². The van der Waals surface area contributed by atoms with E-state index in [1.54, 1.807) is 4.90 Å². The predicted molar refractivity (Wildman–Crippen MR) is 104 cm³/mol. The van der Waals surface area contributed by atoms with Crippen molar-refractivity contribution in [2.75, 3.05) is 50.0 Å².